The summed E-state index contributed by atoms with van der Waals surface area (Å²) < 4.78 is 0. The van der Waals surface area contributed by atoms with Gasteiger partial charge < -0.3 is 5.11 Å². The van der Waals surface area contributed by atoms with Gasteiger partial charge >= 0.3 is 0 Å². The van der Waals surface area contributed by atoms with Gasteiger partial charge in [-0.3, -0.25) is 0 Å². The van der Waals surface area contributed by atoms with Crippen LogP contribution in [0.1, 0.15) is 32.6 Å². The van der Waals surface area contributed by atoms with E-state index in [1.54, 1.807) is 0 Å². The van der Waals surface area contributed by atoms with E-state index in [0.717, 1.165) is 17.7 Å². The molecule has 0 rings (SSSR count). The fourth-order valence-corrected chi connectivity index (χ4v) is 1.18. The minimum atomic E-state index is 0.350. The van der Waals surface area contributed by atoms with E-state index >= 15 is 0 Å². The molecule has 1 nitrogen and oxygen atoms in total. The number of unbranched alkanes of at least 4 members (excludes halogenated alkanes) is 2. The van der Waals surface area contributed by atoms with Crippen LogP contribution in [0.5, 0.6) is 0 Å². The average molecular weight is 209 g/mol. The summed E-state index contributed by atoms with van der Waals surface area (Å²) in [5, 5.41) is 9.58. The topological polar surface area (TPSA) is 20.2 Å². The maximum absolute atomic E-state index is 8.48. The Morgan fingerprint density at radius 2 is 2.00 bits per heavy atom. The number of rotatable bonds is 6. The van der Waals surface area contributed by atoms with E-state index in [4.69, 9.17) is 5.11 Å². The van der Waals surface area contributed by atoms with Gasteiger partial charge in [-0.2, -0.15) is 0 Å². The van der Waals surface area contributed by atoms with Gasteiger partial charge in [0.15, 0.2) is 0 Å². The second-order valence-corrected chi connectivity index (χ2v) is 3.48. The quantitative estimate of drug-likeness (QED) is 0.526. The van der Waals surface area contributed by atoms with E-state index in [0.29, 0.717) is 6.61 Å². The van der Waals surface area contributed by atoms with Crippen molar-refractivity contribution in [3.8, 4) is 0 Å². The third kappa shape index (κ3) is 6.56. The molecule has 0 amide bonds. The molecule has 2 heteroatoms. The lowest BCUT2D eigenvalue weighted by Crippen LogP contribution is -1.95. The summed E-state index contributed by atoms with van der Waals surface area (Å²) in [6.45, 7) is 2.59. The molecule has 0 aliphatic heterocycles. The highest BCUT2D eigenvalue weighted by atomic mass is 79.9. The van der Waals surface area contributed by atoms with E-state index in [1.807, 2.05) is 0 Å². The molecular weight excluding hydrogens is 192 g/mol. The molecule has 0 aliphatic carbocycles. The van der Waals surface area contributed by atoms with Crippen LogP contribution >= 0.6 is 15.9 Å². The molecule has 0 saturated heterocycles. The van der Waals surface area contributed by atoms with Crippen LogP contribution in [-0.2, 0) is 0 Å². The molecule has 0 bridgehead atoms. The molecule has 0 unspecified atom stereocenters. The number of alkyl halides is 1. The predicted octanol–water partition coefficient (Wildman–Crippen LogP) is 2.57. The minimum Gasteiger partial charge on any atom is -0.396 e. The Morgan fingerprint density at radius 3 is 2.50 bits per heavy atom. The highest BCUT2D eigenvalue weighted by molar-refractivity contribution is 9.09. The smallest absolute Gasteiger partial charge is 0.0431 e. The van der Waals surface area contributed by atoms with Crippen LogP contribution in [0.25, 0.3) is 0 Å². The molecule has 0 fully saturated rings. The highest BCUT2D eigenvalue weighted by Gasteiger charge is 1.97. The molecular formula is C8H17BrO. The molecule has 0 aromatic rings. The summed E-state index contributed by atoms with van der Waals surface area (Å²) in [7, 11) is 0. The van der Waals surface area contributed by atoms with Crippen molar-refractivity contribution in [3.63, 3.8) is 0 Å². The Bertz CT molecular complexity index is 66.3. The number of aliphatic hydroxyl groups excluding tert-OH is 1. The van der Waals surface area contributed by atoms with Crippen LogP contribution in [0.3, 0.4) is 0 Å². The second-order valence-electron chi connectivity index (χ2n) is 2.83. The van der Waals surface area contributed by atoms with Gasteiger partial charge in [-0.15, -0.1) is 0 Å². The van der Waals surface area contributed by atoms with Crippen LogP contribution in [0.15, 0.2) is 0 Å². The molecule has 0 saturated carbocycles. The summed E-state index contributed by atoms with van der Waals surface area (Å²) in [4.78, 5) is 0. The van der Waals surface area contributed by atoms with Crippen LogP contribution in [0, 0.1) is 5.92 Å². The van der Waals surface area contributed by atoms with Crippen molar-refractivity contribution in [2.24, 2.45) is 5.92 Å². The Labute approximate surface area is 72.0 Å². The van der Waals surface area contributed by atoms with Gasteiger partial charge in [0.25, 0.3) is 0 Å². The van der Waals surface area contributed by atoms with Crippen LogP contribution in [0.2, 0.25) is 0 Å². The molecule has 0 aromatic heterocycles. The maximum Gasteiger partial charge on any atom is 0.0431 e. The fourth-order valence-electron chi connectivity index (χ4n) is 0.859. The Balaban J connectivity index is 2.89. The zero-order valence-corrected chi connectivity index (χ0v) is 8.23. The molecule has 62 valence electrons. The lowest BCUT2D eigenvalue weighted by molar-refractivity contribution is 0.281. The Kier molecular flexibility index (Phi) is 7.88. The molecule has 1 atom stereocenters. The standard InChI is InChI=1S/C8H17BrO/c1-8(7-9)5-3-2-4-6-10/h8,10H,2-7H2,1H3/t8-/m1/s1. The van der Waals surface area contributed by atoms with Crippen molar-refractivity contribution in [1.82, 2.24) is 0 Å². The van der Waals surface area contributed by atoms with Crippen LogP contribution in [0.4, 0.5) is 0 Å². The molecule has 0 spiro atoms. The average Bonchev–Trinajstić information content (AvgIpc) is 1.98. The molecule has 0 heterocycles. The first kappa shape index (κ1) is 10.4. The van der Waals surface area contributed by atoms with E-state index in [-0.39, 0.29) is 0 Å². The van der Waals surface area contributed by atoms with Gasteiger partial charge in [0.05, 0.1) is 0 Å². The van der Waals surface area contributed by atoms with Gasteiger partial charge in [0.1, 0.15) is 0 Å². The first-order chi connectivity index (χ1) is 4.81. The SMILES string of the molecule is C[C@@H](CBr)CCCCCO. The number of hydrogen-bond acceptors (Lipinski definition) is 1. The normalized spacial score (nSPS) is 13.5. The van der Waals surface area contributed by atoms with E-state index in [1.165, 1.54) is 19.3 Å². The summed E-state index contributed by atoms with van der Waals surface area (Å²) in [6, 6.07) is 0. The fraction of sp³-hybridized carbons (Fsp3) is 1.00. The van der Waals surface area contributed by atoms with E-state index in [2.05, 4.69) is 22.9 Å². The molecule has 0 aromatic carbocycles. The number of halogens is 1. The second kappa shape index (κ2) is 7.55. The minimum absolute atomic E-state index is 0.350. The van der Waals surface area contributed by atoms with Crippen molar-refractivity contribution in [2.75, 3.05) is 11.9 Å². The van der Waals surface area contributed by atoms with Gasteiger partial charge in [-0.1, -0.05) is 35.7 Å². The third-order valence-corrected chi connectivity index (χ3v) is 2.72. The highest BCUT2D eigenvalue weighted by Crippen LogP contribution is 2.10. The molecule has 10 heavy (non-hydrogen) atoms. The summed E-state index contributed by atoms with van der Waals surface area (Å²) >= 11 is 3.43. The maximum atomic E-state index is 8.48. The lowest BCUT2D eigenvalue weighted by atomic mass is 10.1. The van der Waals surface area contributed by atoms with Crippen molar-refractivity contribution in [3.05, 3.63) is 0 Å². The molecule has 0 radical (unpaired) electrons. The largest absolute Gasteiger partial charge is 0.396 e. The van der Waals surface area contributed by atoms with Gasteiger partial charge in [-0.25, -0.2) is 0 Å². The zero-order chi connectivity index (χ0) is 7.82. The number of hydrogen-bond donors (Lipinski definition) is 1. The predicted molar refractivity (Wildman–Crippen MR) is 48.5 cm³/mol. The first-order valence-corrected chi connectivity index (χ1v) is 5.10. The Hall–Kier alpha value is 0.440. The number of aliphatic hydroxyl groups is 1. The van der Waals surface area contributed by atoms with Crippen molar-refractivity contribution in [1.29, 1.82) is 0 Å². The van der Waals surface area contributed by atoms with Crippen LogP contribution < -0.4 is 0 Å². The van der Waals surface area contributed by atoms with E-state index < -0.39 is 0 Å². The zero-order valence-electron chi connectivity index (χ0n) is 6.65. The Morgan fingerprint density at radius 1 is 1.30 bits per heavy atom. The van der Waals surface area contributed by atoms with Crippen LogP contribution in [-0.4, -0.2) is 17.0 Å². The van der Waals surface area contributed by atoms with Gasteiger partial charge in [0, 0.05) is 11.9 Å². The first-order valence-electron chi connectivity index (χ1n) is 3.98. The molecule has 0 aliphatic rings. The third-order valence-electron chi connectivity index (χ3n) is 1.62. The van der Waals surface area contributed by atoms with Crippen molar-refractivity contribution in [2.45, 2.75) is 32.6 Å². The lowest BCUT2D eigenvalue weighted by Gasteiger charge is -2.05. The summed E-state index contributed by atoms with van der Waals surface area (Å²) in [6.07, 6.45) is 4.68. The van der Waals surface area contributed by atoms with Crippen molar-refractivity contribution >= 4 is 15.9 Å². The van der Waals surface area contributed by atoms with Gasteiger partial charge in [0.2, 0.25) is 0 Å². The monoisotopic (exact) mass is 208 g/mol. The van der Waals surface area contributed by atoms with Gasteiger partial charge in [-0.05, 0) is 18.8 Å². The van der Waals surface area contributed by atoms with Crippen molar-refractivity contribution < 1.29 is 5.11 Å². The summed E-state index contributed by atoms with van der Waals surface area (Å²) in [5.74, 6) is 0.790. The summed E-state index contributed by atoms with van der Waals surface area (Å²) in [5.41, 5.74) is 0. The molecule has 1 N–H and O–H groups in total. The van der Waals surface area contributed by atoms with E-state index in [9.17, 15) is 0 Å².